The van der Waals surface area contributed by atoms with E-state index in [0.29, 0.717) is 19.0 Å². The quantitative estimate of drug-likeness (QED) is 0.723. The van der Waals surface area contributed by atoms with Gasteiger partial charge in [-0.25, -0.2) is 15.0 Å². The standard InChI is InChI=1S/C22H34N6O2/c1-13(2)15-8-19(27-20(25-15)14(3)4)28-10-16(17(11-28)30-7)26-21(29)22(5,6)18-9-23-12-24-18/h8-9,12-14,16-17H,10-11H2,1-7H3,(H,23,24)(H,26,29)/t16-,17-/m1/s1. The summed E-state index contributed by atoms with van der Waals surface area (Å²) in [4.78, 5) is 31.9. The summed E-state index contributed by atoms with van der Waals surface area (Å²) in [5.74, 6) is 2.24. The number of ether oxygens (including phenoxy) is 1. The molecule has 1 aliphatic rings. The van der Waals surface area contributed by atoms with Crippen molar-refractivity contribution in [3.63, 3.8) is 0 Å². The Labute approximate surface area is 178 Å². The van der Waals surface area contributed by atoms with Crippen molar-refractivity contribution in [1.29, 1.82) is 0 Å². The Hall–Kier alpha value is -2.48. The number of carbonyl (C=O) groups is 1. The third-order valence-corrected chi connectivity index (χ3v) is 5.81. The molecule has 30 heavy (non-hydrogen) atoms. The second kappa shape index (κ2) is 8.71. The Morgan fingerprint density at radius 3 is 2.53 bits per heavy atom. The maximum absolute atomic E-state index is 13.1. The summed E-state index contributed by atoms with van der Waals surface area (Å²) >= 11 is 0. The molecule has 0 saturated carbocycles. The summed E-state index contributed by atoms with van der Waals surface area (Å²) < 4.78 is 5.72. The Kier molecular flexibility index (Phi) is 6.45. The lowest BCUT2D eigenvalue weighted by Gasteiger charge is -2.26. The van der Waals surface area contributed by atoms with Gasteiger partial charge in [-0.3, -0.25) is 4.79 Å². The maximum atomic E-state index is 13.1. The van der Waals surface area contributed by atoms with Crippen LogP contribution in [0.4, 0.5) is 5.82 Å². The van der Waals surface area contributed by atoms with Crippen LogP contribution in [0.2, 0.25) is 0 Å². The number of H-pyrrole nitrogens is 1. The molecule has 1 amide bonds. The number of imidazole rings is 1. The highest BCUT2D eigenvalue weighted by Gasteiger charge is 2.39. The van der Waals surface area contributed by atoms with Crippen molar-refractivity contribution < 1.29 is 9.53 Å². The first-order chi connectivity index (χ1) is 14.1. The number of carbonyl (C=O) groups excluding carboxylic acids is 1. The van der Waals surface area contributed by atoms with Crippen LogP contribution in [0.25, 0.3) is 0 Å². The molecular weight excluding hydrogens is 380 g/mol. The highest BCUT2D eigenvalue weighted by atomic mass is 16.5. The molecule has 0 aromatic carbocycles. The summed E-state index contributed by atoms with van der Waals surface area (Å²) in [6, 6.07) is 1.92. The number of hydrogen-bond donors (Lipinski definition) is 2. The van der Waals surface area contributed by atoms with Crippen LogP contribution in [0.3, 0.4) is 0 Å². The van der Waals surface area contributed by atoms with Crippen molar-refractivity contribution in [3.05, 3.63) is 35.8 Å². The van der Waals surface area contributed by atoms with Gasteiger partial charge in [-0.1, -0.05) is 27.7 Å². The summed E-state index contributed by atoms with van der Waals surface area (Å²) in [5, 5.41) is 3.19. The minimum atomic E-state index is -0.716. The smallest absolute Gasteiger partial charge is 0.232 e. The van der Waals surface area contributed by atoms with E-state index in [0.717, 1.165) is 23.0 Å². The van der Waals surface area contributed by atoms with Gasteiger partial charge in [-0.05, 0) is 19.8 Å². The minimum absolute atomic E-state index is 0.0610. The first kappa shape index (κ1) is 22.2. The fraction of sp³-hybridized carbons (Fsp3) is 0.636. The molecule has 2 N–H and O–H groups in total. The van der Waals surface area contributed by atoms with Crippen LogP contribution in [0.15, 0.2) is 18.6 Å². The van der Waals surface area contributed by atoms with E-state index < -0.39 is 5.41 Å². The lowest BCUT2D eigenvalue weighted by Crippen LogP contribution is -2.50. The number of amides is 1. The monoisotopic (exact) mass is 414 g/mol. The van der Waals surface area contributed by atoms with Crippen LogP contribution in [-0.2, 0) is 14.9 Å². The molecular formula is C22H34N6O2. The van der Waals surface area contributed by atoms with Gasteiger partial charge in [0.2, 0.25) is 5.91 Å². The van der Waals surface area contributed by atoms with Crippen LogP contribution < -0.4 is 10.2 Å². The second-order valence-corrected chi connectivity index (χ2v) is 9.17. The first-order valence-electron chi connectivity index (χ1n) is 10.6. The van der Waals surface area contributed by atoms with Gasteiger partial charge in [0.05, 0.1) is 23.9 Å². The number of hydrogen-bond acceptors (Lipinski definition) is 6. The summed E-state index contributed by atoms with van der Waals surface area (Å²) in [6.07, 6.45) is 3.16. The maximum Gasteiger partial charge on any atom is 0.232 e. The van der Waals surface area contributed by atoms with Gasteiger partial charge in [-0.2, -0.15) is 0 Å². The van der Waals surface area contributed by atoms with Gasteiger partial charge in [0, 0.05) is 49.8 Å². The largest absolute Gasteiger partial charge is 0.377 e. The topological polar surface area (TPSA) is 96.0 Å². The SMILES string of the molecule is CO[C@@H]1CN(c2cc(C(C)C)nc(C(C)C)n2)C[C@H]1NC(=O)C(C)(C)c1cnc[nH]1. The minimum Gasteiger partial charge on any atom is -0.377 e. The van der Waals surface area contributed by atoms with Crippen molar-refractivity contribution in [1.82, 2.24) is 25.3 Å². The zero-order valence-electron chi connectivity index (χ0n) is 19.1. The summed E-state index contributed by atoms with van der Waals surface area (Å²) in [6.45, 7) is 13.6. The third-order valence-electron chi connectivity index (χ3n) is 5.81. The van der Waals surface area contributed by atoms with Crippen molar-refractivity contribution in [2.75, 3.05) is 25.1 Å². The molecule has 0 aliphatic carbocycles. The number of nitrogens with one attached hydrogen (secondary N) is 2. The predicted molar refractivity (Wildman–Crippen MR) is 117 cm³/mol. The zero-order chi connectivity index (χ0) is 22.1. The van der Waals surface area contributed by atoms with Crippen molar-refractivity contribution in [3.8, 4) is 0 Å². The predicted octanol–water partition coefficient (Wildman–Crippen LogP) is 2.74. The van der Waals surface area contributed by atoms with Crippen LogP contribution in [-0.4, -0.2) is 58.2 Å². The van der Waals surface area contributed by atoms with E-state index in [1.807, 2.05) is 13.8 Å². The van der Waals surface area contributed by atoms with E-state index in [-0.39, 0.29) is 24.0 Å². The van der Waals surface area contributed by atoms with Gasteiger partial charge in [0.25, 0.3) is 0 Å². The lowest BCUT2D eigenvalue weighted by molar-refractivity contribution is -0.127. The van der Waals surface area contributed by atoms with Gasteiger partial charge >= 0.3 is 0 Å². The average Bonchev–Trinajstić information content (AvgIpc) is 3.37. The molecule has 2 aromatic rings. The van der Waals surface area contributed by atoms with E-state index in [2.05, 4.69) is 53.9 Å². The molecule has 1 aliphatic heterocycles. The number of rotatable bonds is 7. The highest BCUT2D eigenvalue weighted by Crippen LogP contribution is 2.27. The molecule has 2 aromatic heterocycles. The molecule has 0 spiro atoms. The molecule has 0 bridgehead atoms. The molecule has 8 heteroatoms. The van der Waals surface area contributed by atoms with E-state index in [9.17, 15) is 4.79 Å². The number of aromatic nitrogens is 4. The van der Waals surface area contributed by atoms with Crippen molar-refractivity contribution >= 4 is 11.7 Å². The second-order valence-electron chi connectivity index (χ2n) is 9.17. The van der Waals surface area contributed by atoms with Crippen molar-refractivity contribution in [2.45, 2.75) is 70.9 Å². The molecule has 1 saturated heterocycles. The molecule has 164 valence electrons. The average molecular weight is 415 g/mol. The molecule has 0 unspecified atom stereocenters. The zero-order valence-corrected chi connectivity index (χ0v) is 19.1. The van der Waals surface area contributed by atoms with Crippen molar-refractivity contribution in [2.24, 2.45) is 0 Å². The first-order valence-corrected chi connectivity index (χ1v) is 10.6. The van der Waals surface area contributed by atoms with Gasteiger partial charge in [-0.15, -0.1) is 0 Å². The molecule has 2 atom stereocenters. The van der Waals surface area contributed by atoms with E-state index in [1.165, 1.54) is 0 Å². The molecule has 0 radical (unpaired) electrons. The van der Waals surface area contributed by atoms with Crippen LogP contribution in [0.5, 0.6) is 0 Å². The fourth-order valence-corrected chi connectivity index (χ4v) is 3.59. The van der Waals surface area contributed by atoms with Gasteiger partial charge in [0.15, 0.2) is 0 Å². The normalized spacial score (nSPS) is 19.7. The van der Waals surface area contributed by atoms with E-state index in [4.69, 9.17) is 14.7 Å². The highest BCUT2D eigenvalue weighted by molar-refractivity contribution is 5.87. The number of methoxy groups -OCH3 is 1. The Morgan fingerprint density at radius 1 is 1.23 bits per heavy atom. The lowest BCUT2D eigenvalue weighted by atomic mass is 9.88. The van der Waals surface area contributed by atoms with E-state index in [1.54, 1.807) is 19.6 Å². The van der Waals surface area contributed by atoms with Gasteiger partial charge in [0.1, 0.15) is 11.6 Å². The number of anilines is 1. The molecule has 1 fully saturated rings. The number of nitrogens with zero attached hydrogens (tertiary/aromatic N) is 4. The third kappa shape index (κ3) is 4.48. The number of aromatic amines is 1. The molecule has 3 rings (SSSR count). The van der Waals surface area contributed by atoms with E-state index >= 15 is 0 Å². The van der Waals surface area contributed by atoms with Gasteiger partial charge < -0.3 is 19.9 Å². The van der Waals surface area contributed by atoms with Crippen LogP contribution >= 0.6 is 0 Å². The summed E-state index contributed by atoms with van der Waals surface area (Å²) in [5.41, 5.74) is 1.10. The molecule has 3 heterocycles. The summed E-state index contributed by atoms with van der Waals surface area (Å²) in [7, 11) is 1.69. The Bertz CT molecular complexity index is 836. The fourth-order valence-electron chi connectivity index (χ4n) is 3.59. The molecule has 8 nitrogen and oxygen atoms in total. The van der Waals surface area contributed by atoms with Crippen LogP contribution in [0, 0.1) is 0 Å². The van der Waals surface area contributed by atoms with Crippen LogP contribution in [0.1, 0.15) is 70.6 Å². The Morgan fingerprint density at radius 2 is 1.97 bits per heavy atom. The Balaban J connectivity index is 1.80.